The molecule has 0 aromatic carbocycles. The maximum Gasteiger partial charge on any atom is 0.327 e. The summed E-state index contributed by atoms with van der Waals surface area (Å²) in [6.07, 6.45) is 12.2. The van der Waals surface area contributed by atoms with Gasteiger partial charge in [-0.15, -0.1) is 0 Å². The molecule has 1 aliphatic rings. The van der Waals surface area contributed by atoms with Gasteiger partial charge >= 0.3 is 7.48 Å². The molecule has 13 heavy (non-hydrogen) atoms. The molecule has 0 spiro atoms. The molecule has 1 rings (SSSR count). The van der Waals surface area contributed by atoms with Gasteiger partial charge in [0.15, 0.2) is 0 Å². The molecule has 1 saturated carbocycles. The van der Waals surface area contributed by atoms with Crippen molar-refractivity contribution in [2.75, 3.05) is 0 Å². The molecule has 0 amide bonds. The summed E-state index contributed by atoms with van der Waals surface area (Å²) < 4.78 is 4.62. The SMILES string of the molecule is NO[B]C1CCCCCCCCC1. The Bertz CT molecular complexity index is 111. The summed E-state index contributed by atoms with van der Waals surface area (Å²) in [4.78, 5) is 0. The van der Waals surface area contributed by atoms with Crippen molar-refractivity contribution in [1.82, 2.24) is 0 Å². The zero-order chi connectivity index (χ0) is 9.36. The van der Waals surface area contributed by atoms with Gasteiger partial charge in [-0.2, -0.15) is 0 Å². The van der Waals surface area contributed by atoms with Crippen LogP contribution in [0.25, 0.3) is 0 Å². The average molecular weight is 182 g/mol. The molecule has 1 fully saturated rings. The van der Waals surface area contributed by atoms with Crippen LogP contribution in [0.3, 0.4) is 0 Å². The van der Waals surface area contributed by atoms with Crippen molar-refractivity contribution < 1.29 is 4.76 Å². The third-order valence-corrected chi connectivity index (χ3v) is 2.92. The summed E-state index contributed by atoms with van der Waals surface area (Å²) in [5, 5.41) is 0. The quantitative estimate of drug-likeness (QED) is 0.526. The topological polar surface area (TPSA) is 35.2 Å². The molecule has 0 bridgehead atoms. The molecule has 0 atom stereocenters. The third kappa shape index (κ3) is 5.32. The molecule has 0 aromatic rings. The second-order valence-electron chi connectivity index (χ2n) is 4.08. The molecule has 0 saturated heterocycles. The van der Waals surface area contributed by atoms with E-state index >= 15 is 0 Å². The van der Waals surface area contributed by atoms with Crippen molar-refractivity contribution in [2.24, 2.45) is 5.90 Å². The van der Waals surface area contributed by atoms with Crippen molar-refractivity contribution in [3.05, 3.63) is 0 Å². The minimum atomic E-state index is 0.600. The fourth-order valence-electron chi connectivity index (χ4n) is 2.09. The highest BCUT2D eigenvalue weighted by molar-refractivity contribution is 6.29. The monoisotopic (exact) mass is 182 g/mol. The maximum atomic E-state index is 5.06. The summed E-state index contributed by atoms with van der Waals surface area (Å²) in [5.74, 6) is 5.66. The van der Waals surface area contributed by atoms with Crippen LogP contribution < -0.4 is 5.90 Å². The molecule has 0 aromatic heterocycles. The van der Waals surface area contributed by atoms with Crippen molar-refractivity contribution >= 4 is 7.48 Å². The second kappa shape index (κ2) is 7.39. The van der Waals surface area contributed by atoms with E-state index in [9.17, 15) is 0 Å². The summed E-state index contributed by atoms with van der Waals surface area (Å²) >= 11 is 0. The Hall–Kier alpha value is -0.0151. The van der Waals surface area contributed by atoms with E-state index in [1.54, 1.807) is 0 Å². The fraction of sp³-hybridized carbons (Fsp3) is 1.00. The van der Waals surface area contributed by atoms with Crippen LogP contribution in [0.1, 0.15) is 57.8 Å². The Morgan fingerprint density at radius 2 is 1.31 bits per heavy atom. The van der Waals surface area contributed by atoms with Gasteiger partial charge in [-0.3, -0.25) is 0 Å². The van der Waals surface area contributed by atoms with E-state index in [-0.39, 0.29) is 0 Å². The predicted octanol–water partition coefficient (Wildman–Crippen LogP) is 2.81. The lowest BCUT2D eigenvalue weighted by atomic mass is 9.73. The number of hydrogen-bond donors (Lipinski definition) is 1. The molecule has 0 heterocycles. The summed E-state index contributed by atoms with van der Waals surface area (Å²) in [7, 11) is 1.82. The molecule has 2 nitrogen and oxygen atoms in total. The highest BCUT2D eigenvalue weighted by Gasteiger charge is 2.11. The van der Waals surface area contributed by atoms with Crippen LogP contribution >= 0.6 is 0 Å². The van der Waals surface area contributed by atoms with Crippen LogP contribution in [-0.4, -0.2) is 7.48 Å². The van der Waals surface area contributed by atoms with Crippen LogP contribution in [0.5, 0.6) is 0 Å². The van der Waals surface area contributed by atoms with Gasteiger partial charge in [0, 0.05) is 0 Å². The van der Waals surface area contributed by atoms with Gasteiger partial charge in [-0.1, -0.05) is 57.8 Å². The molecular formula is C10H21BNO. The summed E-state index contributed by atoms with van der Waals surface area (Å²) in [6, 6.07) is 0. The molecule has 1 radical (unpaired) electrons. The minimum absolute atomic E-state index is 0.600. The summed E-state index contributed by atoms with van der Waals surface area (Å²) in [5.41, 5.74) is 0. The van der Waals surface area contributed by atoms with E-state index in [0.717, 1.165) is 0 Å². The second-order valence-corrected chi connectivity index (χ2v) is 4.08. The highest BCUT2D eigenvalue weighted by Crippen LogP contribution is 2.24. The van der Waals surface area contributed by atoms with Gasteiger partial charge in [0.1, 0.15) is 0 Å². The normalized spacial score (nSPS) is 22.5. The lowest BCUT2D eigenvalue weighted by Crippen LogP contribution is -2.13. The first-order valence-electron chi connectivity index (χ1n) is 5.62. The maximum absolute atomic E-state index is 5.06. The van der Waals surface area contributed by atoms with Crippen molar-refractivity contribution in [2.45, 2.75) is 63.6 Å². The molecule has 2 N–H and O–H groups in total. The molecule has 1 aliphatic carbocycles. The van der Waals surface area contributed by atoms with Crippen LogP contribution in [0, 0.1) is 0 Å². The molecule has 0 aliphatic heterocycles. The van der Waals surface area contributed by atoms with E-state index in [1.807, 2.05) is 7.48 Å². The largest absolute Gasteiger partial charge is 0.372 e. The lowest BCUT2D eigenvalue weighted by Gasteiger charge is -2.15. The zero-order valence-electron chi connectivity index (χ0n) is 8.50. The van der Waals surface area contributed by atoms with E-state index in [2.05, 4.69) is 4.76 Å². The lowest BCUT2D eigenvalue weighted by molar-refractivity contribution is 0.339. The molecule has 3 heteroatoms. The standard InChI is InChI=1S/C10H21BNO/c12-13-11-10-8-6-4-2-1-3-5-7-9-10/h10H,1-9,12H2. The Morgan fingerprint density at radius 1 is 0.846 bits per heavy atom. The first kappa shape index (κ1) is 11.1. The van der Waals surface area contributed by atoms with Crippen molar-refractivity contribution in [3.63, 3.8) is 0 Å². The van der Waals surface area contributed by atoms with E-state index in [4.69, 9.17) is 5.90 Å². The Balaban J connectivity index is 2.18. The van der Waals surface area contributed by atoms with Gasteiger partial charge in [0.05, 0.1) is 0 Å². The summed E-state index contributed by atoms with van der Waals surface area (Å²) in [6.45, 7) is 0. The van der Waals surface area contributed by atoms with E-state index in [0.29, 0.717) is 5.82 Å². The molecule has 75 valence electrons. The van der Waals surface area contributed by atoms with E-state index in [1.165, 1.54) is 57.8 Å². The first-order valence-corrected chi connectivity index (χ1v) is 5.62. The van der Waals surface area contributed by atoms with Crippen LogP contribution in [0.2, 0.25) is 5.82 Å². The molecular weight excluding hydrogens is 161 g/mol. The van der Waals surface area contributed by atoms with Gasteiger partial charge in [0.25, 0.3) is 0 Å². The van der Waals surface area contributed by atoms with Gasteiger partial charge in [0.2, 0.25) is 0 Å². The smallest absolute Gasteiger partial charge is 0.327 e. The minimum Gasteiger partial charge on any atom is -0.372 e. The van der Waals surface area contributed by atoms with Gasteiger partial charge in [-0.25, -0.2) is 5.90 Å². The first-order chi connectivity index (χ1) is 6.43. The number of hydrogen-bond acceptors (Lipinski definition) is 2. The number of nitrogens with two attached hydrogens (primary N) is 1. The van der Waals surface area contributed by atoms with Crippen LogP contribution in [0.4, 0.5) is 0 Å². The Morgan fingerprint density at radius 3 is 1.77 bits per heavy atom. The highest BCUT2D eigenvalue weighted by atomic mass is 16.6. The van der Waals surface area contributed by atoms with Crippen molar-refractivity contribution in [1.29, 1.82) is 0 Å². The van der Waals surface area contributed by atoms with Gasteiger partial charge < -0.3 is 4.76 Å². The average Bonchev–Trinajstić information content (AvgIpc) is 2.16. The zero-order valence-corrected chi connectivity index (χ0v) is 8.50. The Labute approximate surface area is 82.4 Å². The predicted molar refractivity (Wildman–Crippen MR) is 56.3 cm³/mol. The number of rotatable bonds is 2. The molecule has 0 unspecified atom stereocenters. The van der Waals surface area contributed by atoms with Crippen molar-refractivity contribution in [3.8, 4) is 0 Å². The van der Waals surface area contributed by atoms with Gasteiger partial charge in [-0.05, 0) is 5.82 Å². The van der Waals surface area contributed by atoms with Crippen LogP contribution in [-0.2, 0) is 4.76 Å². The third-order valence-electron chi connectivity index (χ3n) is 2.92. The van der Waals surface area contributed by atoms with E-state index < -0.39 is 0 Å². The fourth-order valence-corrected chi connectivity index (χ4v) is 2.09. The Kier molecular flexibility index (Phi) is 6.29. The van der Waals surface area contributed by atoms with Crippen LogP contribution in [0.15, 0.2) is 0 Å².